The van der Waals surface area contributed by atoms with E-state index >= 15 is 0 Å². The molecule has 2 aromatic carbocycles. The van der Waals surface area contributed by atoms with E-state index in [4.69, 9.17) is 33.4 Å². The average Bonchev–Trinajstić information content (AvgIpc) is 2.77. The van der Waals surface area contributed by atoms with Crippen LogP contribution in [0.15, 0.2) is 34.7 Å². The Morgan fingerprint density at radius 3 is 2.55 bits per heavy atom. The van der Waals surface area contributed by atoms with Crippen molar-refractivity contribution in [3.8, 4) is 0 Å². The second kappa shape index (κ2) is 4.85. The molecule has 7 heteroatoms. The molecule has 0 spiro atoms. The molecule has 3 rings (SSSR count). The minimum atomic E-state index is -0.663. The Hall–Kier alpha value is -1.98. The van der Waals surface area contributed by atoms with Gasteiger partial charge in [-0.2, -0.15) is 4.98 Å². The van der Waals surface area contributed by atoms with Crippen LogP contribution in [0.2, 0.25) is 10.0 Å². The normalized spacial score (nSPS) is 10.9. The molecule has 102 valence electrons. The average molecular weight is 312 g/mol. The van der Waals surface area contributed by atoms with Crippen molar-refractivity contribution in [2.24, 2.45) is 0 Å². The van der Waals surface area contributed by atoms with Gasteiger partial charge in [0, 0.05) is 11.4 Å². The highest BCUT2D eigenvalue weighted by Gasteiger charge is 2.10. The zero-order chi connectivity index (χ0) is 14.3. The van der Waals surface area contributed by atoms with Crippen LogP contribution in [0.3, 0.4) is 0 Å². The second-order valence-corrected chi connectivity index (χ2v) is 4.94. The SMILES string of the molecule is Nc1ccc2oc(Nc3cc(Cl)c(F)c(Cl)c3)nc2c1. The summed E-state index contributed by atoms with van der Waals surface area (Å²) < 4.78 is 18.8. The maximum atomic E-state index is 13.3. The van der Waals surface area contributed by atoms with Crippen LogP contribution in [-0.2, 0) is 0 Å². The van der Waals surface area contributed by atoms with Crippen LogP contribution in [-0.4, -0.2) is 4.98 Å². The fraction of sp³-hybridized carbons (Fsp3) is 0. The van der Waals surface area contributed by atoms with E-state index in [1.165, 1.54) is 12.1 Å². The molecule has 0 fully saturated rings. The number of oxazole rings is 1. The summed E-state index contributed by atoms with van der Waals surface area (Å²) in [4.78, 5) is 4.21. The summed E-state index contributed by atoms with van der Waals surface area (Å²) in [6.07, 6.45) is 0. The predicted molar refractivity (Wildman–Crippen MR) is 78.1 cm³/mol. The van der Waals surface area contributed by atoms with Crippen LogP contribution < -0.4 is 11.1 Å². The quantitative estimate of drug-likeness (QED) is 0.536. The molecular weight excluding hydrogens is 304 g/mol. The molecule has 0 saturated carbocycles. The summed E-state index contributed by atoms with van der Waals surface area (Å²) in [7, 11) is 0. The van der Waals surface area contributed by atoms with Crippen LogP contribution in [0, 0.1) is 5.82 Å². The van der Waals surface area contributed by atoms with Crippen molar-refractivity contribution in [3.05, 3.63) is 46.2 Å². The third kappa shape index (κ3) is 2.37. The van der Waals surface area contributed by atoms with Gasteiger partial charge < -0.3 is 15.5 Å². The second-order valence-electron chi connectivity index (χ2n) is 4.13. The number of nitrogens with two attached hydrogens (primary N) is 1. The fourth-order valence-corrected chi connectivity index (χ4v) is 2.24. The molecule has 0 bridgehead atoms. The molecule has 0 atom stereocenters. The monoisotopic (exact) mass is 311 g/mol. The largest absolute Gasteiger partial charge is 0.423 e. The molecule has 0 aliphatic rings. The smallest absolute Gasteiger partial charge is 0.300 e. The van der Waals surface area contributed by atoms with Crippen LogP contribution in [0.1, 0.15) is 0 Å². The van der Waals surface area contributed by atoms with Gasteiger partial charge in [-0.1, -0.05) is 23.2 Å². The first-order valence-corrected chi connectivity index (χ1v) is 6.36. The number of hydrogen-bond acceptors (Lipinski definition) is 4. The molecule has 0 amide bonds. The minimum Gasteiger partial charge on any atom is -0.423 e. The summed E-state index contributed by atoms with van der Waals surface area (Å²) in [5, 5.41) is 2.70. The summed E-state index contributed by atoms with van der Waals surface area (Å²) in [5.41, 5.74) is 7.93. The van der Waals surface area contributed by atoms with Gasteiger partial charge in [0.05, 0.1) is 10.0 Å². The van der Waals surface area contributed by atoms with E-state index in [0.29, 0.717) is 22.5 Å². The van der Waals surface area contributed by atoms with Crippen molar-refractivity contribution in [2.45, 2.75) is 0 Å². The van der Waals surface area contributed by atoms with Crippen LogP contribution in [0.4, 0.5) is 21.8 Å². The van der Waals surface area contributed by atoms with Gasteiger partial charge in [-0.3, -0.25) is 0 Å². The number of rotatable bonds is 2. The van der Waals surface area contributed by atoms with E-state index in [2.05, 4.69) is 10.3 Å². The number of fused-ring (bicyclic) bond motifs is 1. The first-order valence-electron chi connectivity index (χ1n) is 5.60. The maximum Gasteiger partial charge on any atom is 0.300 e. The summed E-state index contributed by atoms with van der Waals surface area (Å²) >= 11 is 11.4. The van der Waals surface area contributed by atoms with Gasteiger partial charge in [0.25, 0.3) is 6.01 Å². The predicted octanol–water partition coefficient (Wildman–Crippen LogP) is 4.60. The summed E-state index contributed by atoms with van der Waals surface area (Å²) in [5.74, 6) is -0.663. The Kier molecular flexibility index (Phi) is 3.16. The molecule has 20 heavy (non-hydrogen) atoms. The van der Waals surface area contributed by atoms with E-state index in [9.17, 15) is 4.39 Å². The van der Waals surface area contributed by atoms with E-state index in [-0.39, 0.29) is 16.1 Å². The van der Waals surface area contributed by atoms with Crippen LogP contribution in [0.5, 0.6) is 0 Å². The Balaban J connectivity index is 1.96. The molecule has 0 saturated heterocycles. The number of halogens is 3. The van der Waals surface area contributed by atoms with Crippen molar-refractivity contribution in [3.63, 3.8) is 0 Å². The van der Waals surface area contributed by atoms with Crippen molar-refractivity contribution in [1.82, 2.24) is 4.98 Å². The molecule has 1 heterocycles. The van der Waals surface area contributed by atoms with Crippen molar-refractivity contribution < 1.29 is 8.81 Å². The first-order chi connectivity index (χ1) is 9.52. The first kappa shape index (κ1) is 13.0. The van der Waals surface area contributed by atoms with Gasteiger partial charge in [-0.15, -0.1) is 0 Å². The van der Waals surface area contributed by atoms with Crippen molar-refractivity contribution in [2.75, 3.05) is 11.1 Å². The number of benzene rings is 2. The van der Waals surface area contributed by atoms with E-state index in [0.717, 1.165) is 0 Å². The van der Waals surface area contributed by atoms with Gasteiger partial charge >= 0.3 is 0 Å². The topological polar surface area (TPSA) is 64.1 Å². The fourth-order valence-electron chi connectivity index (χ4n) is 1.75. The lowest BCUT2D eigenvalue weighted by Crippen LogP contribution is -1.92. The standard InChI is InChI=1S/C13H8Cl2FN3O/c14-8-4-7(5-9(15)12(8)16)18-13-19-10-3-6(17)1-2-11(10)20-13/h1-5H,17H2,(H,18,19). The Labute approximate surface area is 123 Å². The van der Waals surface area contributed by atoms with E-state index in [1.54, 1.807) is 18.2 Å². The number of aromatic nitrogens is 1. The molecular formula is C13H8Cl2FN3O. The molecule has 3 N–H and O–H groups in total. The number of nitrogens with zero attached hydrogens (tertiary/aromatic N) is 1. The number of nitrogen functional groups attached to an aromatic ring is 1. The maximum absolute atomic E-state index is 13.3. The number of hydrogen-bond donors (Lipinski definition) is 2. The van der Waals surface area contributed by atoms with E-state index < -0.39 is 5.82 Å². The molecule has 0 unspecified atom stereocenters. The third-order valence-corrected chi connectivity index (χ3v) is 3.20. The van der Waals surface area contributed by atoms with Gasteiger partial charge in [0.2, 0.25) is 0 Å². The minimum absolute atomic E-state index is 0.0830. The lowest BCUT2D eigenvalue weighted by atomic mass is 10.3. The lowest BCUT2D eigenvalue weighted by molar-refractivity contribution is 0.621. The van der Waals surface area contributed by atoms with Crippen molar-refractivity contribution >= 4 is 51.7 Å². The zero-order valence-electron chi connectivity index (χ0n) is 9.95. The summed E-state index contributed by atoms with van der Waals surface area (Å²) in [6, 6.07) is 8.15. The molecule has 0 aliphatic carbocycles. The molecule has 1 aromatic heterocycles. The van der Waals surface area contributed by atoms with Gasteiger partial charge in [-0.05, 0) is 30.3 Å². The Bertz CT molecular complexity index is 780. The van der Waals surface area contributed by atoms with Crippen LogP contribution >= 0.6 is 23.2 Å². The number of anilines is 3. The highest BCUT2D eigenvalue weighted by atomic mass is 35.5. The summed E-state index contributed by atoms with van der Waals surface area (Å²) in [6.45, 7) is 0. The Morgan fingerprint density at radius 2 is 1.85 bits per heavy atom. The van der Waals surface area contributed by atoms with Gasteiger partial charge in [0.1, 0.15) is 5.52 Å². The zero-order valence-corrected chi connectivity index (χ0v) is 11.5. The third-order valence-electron chi connectivity index (χ3n) is 2.65. The lowest BCUT2D eigenvalue weighted by Gasteiger charge is -2.04. The molecule has 3 aromatic rings. The molecule has 0 radical (unpaired) electrons. The molecule has 0 aliphatic heterocycles. The highest BCUT2D eigenvalue weighted by Crippen LogP contribution is 2.30. The Morgan fingerprint density at radius 1 is 1.15 bits per heavy atom. The van der Waals surface area contributed by atoms with Crippen LogP contribution in [0.25, 0.3) is 11.1 Å². The molecule has 4 nitrogen and oxygen atoms in total. The van der Waals surface area contributed by atoms with Crippen molar-refractivity contribution in [1.29, 1.82) is 0 Å². The van der Waals surface area contributed by atoms with Gasteiger partial charge in [0.15, 0.2) is 11.4 Å². The number of nitrogens with one attached hydrogen (secondary N) is 1. The van der Waals surface area contributed by atoms with Gasteiger partial charge in [-0.25, -0.2) is 4.39 Å². The highest BCUT2D eigenvalue weighted by molar-refractivity contribution is 6.35. The van der Waals surface area contributed by atoms with E-state index in [1.807, 2.05) is 0 Å².